The standard InChI is InChI=1S/C11H7BrN2O/c12-6-10-5-11(14-15-10)9-3-1-8(7-13)2-4-9/h1-5H,6H2. The fourth-order valence-corrected chi connectivity index (χ4v) is 1.49. The summed E-state index contributed by atoms with van der Waals surface area (Å²) in [6.45, 7) is 0. The maximum atomic E-state index is 8.65. The van der Waals surface area contributed by atoms with Gasteiger partial charge in [0.2, 0.25) is 0 Å². The van der Waals surface area contributed by atoms with E-state index in [0.717, 1.165) is 17.0 Å². The average molecular weight is 263 g/mol. The lowest BCUT2D eigenvalue weighted by Crippen LogP contribution is -1.77. The third-order valence-electron chi connectivity index (χ3n) is 2.00. The van der Waals surface area contributed by atoms with Crippen LogP contribution in [0.4, 0.5) is 0 Å². The molecule has 0 bridgehead atoms. The van der Waals surface area contributed by atoms with Gasteiger partial charge < -0.3 is 4.52 Å². The van der Waals surface area contributed by atoms with Crippen LogP contribution < -0.4 is 0 Å². The van der Waals surface area contributed by atoms with Crippen LogP contribution in [0, 0.1) is 11.3 Å². The number of benzene rings is 1. The lowest BCUT2D eigenvalue weighted by atomic mass is 10.1. The van der Waals surface area contributed by atoms with Gasteiger partial charge in [-0.25, -0.2) is 0 Å². The first kappa shape index (κ1) is 9.94. The maximum Gasteiger partial charge on any atom is 0.147 e. The Balaban J connectivity index is 2.33. The number of halogens is 1. The zero-order valence-electron chi connectivity index (χ0n) is 7.77. The van der Waals surface area contributed by atoms with Crippen molar-refractivity contribution in [3.8, 4) is 17.3 Å². The predicted molar refractivity (Wildman–Crippen MR) is 59.3 cm³/mol. The van der Waals surface area contributed by atoms with Crippen molar-refractivity contribution in [2.45, 2.75) is 5.33 Å². The SMILES string of the molecule is N#Cc1ccc(-c2cc(CBr)on2)cc1. The summed E-state index contributed by atoms with van der Waals surface area (Å²) in [6.07, 6.45) is 0. The second-order valence-electron chi connectivity index (χ2n) is 3.00. The van der Waals surface area contributed by atoms with E-state index in [1.54, 1.807) is 12.1 Å². The zero-order valence-corrected chi connectivity index (χ0v) is 9.36. The van der Waals surface area contributed by atoms with E-state index in [2.05, 4.69) is 27.2 Å². The third-order valence-corrected chi connectivity index (χ3v) is 2.55. The van der Waals surface area contributed by atoms with Crippen LogP contribution in [0.5, 0.6) is 0 Å². The first-order valence-corrected chi connectivity index (χ1v) is 5.47. The van der Waals surface area contributed by atoms with Gasteiger partial charge in [-0.05, 0) is 12.1 Å². The number of alkyl halides is 1. The Bertz CT molecular complexity index is 496. The third kappa shape index (κ3) is 2.08. The van der Waals surface area contributed by atoms with Gasteiger partial charge in [0.1, 0.15) is 11.5 Å². The molecule has 74 valence electrons. The van der Waals surface area contributed by atoms with Gasteiger partial charge in [0, 0.05) is 11.6 Å². The Morgan fingerprint density at radius 2 is 2.07 bits per heavy atom. The van der Waals surface area contributed by atoms with Crippen molar-refractivity contribution in [3.05, 3.63) is 41.7 Å². The first-order chi connectivity index (χ1) is 7.33. The Morgan fingerprint density at radius 3 is 2.60 bits per heavy atom. The molecule has 0 aliphatic heterocycles. The highest BCUT2D eigenvalue weighted by Gasteiger charge is 2.04. The summed E-state index contributed by atoms with van der Waals surface area (Å²) in [4.78, 5) is 0. The molecule has 2 aromatic rings. The topological polar surface area (TPSA) is 49.8 Å². The van der Waals surface area contributed by atoms with Crippen molar-refractivity contribution in [2.24, 2.45) is 0 Å². The smallest absolute Gasteiger partial charge is 0.147 e. The summed E-state index contributed by atoms with van der Waals surface area (Å²) < 4.78 is 5.06. The van der Waals surface area contributed by atoms with Crippen molar-refractivity contribution < 1.29 is 4.52 Å². The van der Waals surface area contributed by atoms with Gasteiger partial charge in [-0.1, -0.05) is 33.2 Å². The molecule has 0 aliphatic rings. The highest BCUT2D eigenvalue weighted by Crippen LogP contribution is 2.20. The molecule has 0 aliphatic carbocycles. The van der Waals surface area contributed by atoms with Crippen molar-refractivity contribution in [2.75, 3.05) is 0 Å². The molecule has 0 unspecified atom stereocenters. The molecule has 0 radical (unpaired) electrons. The van der Waals surface area contributed by atoms with E-state index in [4.69, 9.17) is 9.78 Å². The Hall–Kier alpha value is -1.60. The molecule has 2 rings (SSSR count). The maximum absolute atomic E-state index is 8.65. The van der Waals surface area contributed by atoms with Gasteiger partial charge in [0.25, 0.3) is 0 Å². The zero-order chi connectivity index (χ0) is 10.7. The predicted octanol–water partition coefficient (Wildman–Crippen LogP) is 3.11. The van der Waals surface area contributed by atoms with Gasteiger partial charge in [-0.15, -0.1) is 0 Å². The molecule has 0 saturated heterocycles. The number of nitriles is 1. The highest BCUT2D eigenvalue weighted by molar-refractivity contribution is 9.08. The van der Waals surface area contributed by atoms with Crippen LogP contribution in [0.1, 0.15) is 11.3 Å². The molecule has 0 N–H and O–H groups in total. The fourth-order valence-electron chi connectivity index (χ4n) is 1.23. The largest absolute Gasteiger partial charge is 0.360 e. The molecule has 1 aromatic heterocycles. The summed E-state index contributed by atoms with van der Waals surface area (Å²) in [7, 11) is 0. The molecule has 15 heavy (non-hydrogen) atoms. The van der Waals surface area contributed by atoms with Crippen LogP contribution in [-0.4, -0.2) is 5.16 Å². The average Bonchev–Trinajstić information content (AvgIpc) is 2.78. The Kier molecular flexibility index (Phi) is 2.84. The number of hydrogen-bond donors (Lipinski definition) is 0. The minimum Gasteiger partial charge on any atom is -0.360 e. The summed E-state index contributed by atoms with van der Waals surface area (Å²) in [5.41, 5.74) is 2.38. The highest BCUT2D eigenvalue weighted by atomic mass is 79.9. The molecule has 0 atom stereocenters. The number of rotatable bonds is 2. The van der Waals surface area contributed by atoms with Crippen LogP contribution in [-0.2, 0) is 5.33 Å². The van der Waals surface area contributed by atoms with E-state index in [1.807, 2.05) is 18.2 Å². The van der Waals surface area contributed by atoms with Crippen molar-refractivity contribution in [1.82, 2.24) is 5.16 Å². The lowest BCUT2D eigenvalue weighted by molar-refractivity contribution is 0.398. The summed E-state index contributed by atoms with van der Waals surface area (Å²) in [5, 5.41) is 13.2. The monoisotopic (exact) mass is 262 g/mol. The number of hydrogen-bond acceptors (Lipinski definition) is 3. The van der Waals surface area contributed by atoms with Gasteiger partial charge in [0.15, 0.2) is 0 Å². The molecule has 4 heteroatoms. The van der Waals surface area contributed by atoms with Gasteiger partial charge in [-0.3, -0.25) is 0 Å². The van der Waals surface area contributed by atoms with Crippen LogP contribution >= 0.6 is 15.9 Å². The van der Waals surface area contributed by atoms with Crippen LogP contribution in [0.25, 0.3) is 11.3 Å². The minimum atomic E-state index is 0.642. The molecular formula is C11H7BrN2O. The molecule has 1 heterocycles. The fraction of sp³-hybridized carbons (Fsp3) is 0.0909. The quantitative estimate of drug-likeness (QED) is 0.782. The van der Waals surface area contributed by atoms with E-state index in [9.17, 15) is 0 Å². The first-order valence-electron chi connectivity index (χ1n) is 4.35. The van der Waals surface area contributed by atoms with Crippen molar-refractivity contribution in [3.63, 3.8) is 0 Å². The minimum absolute atomic E-state index is 0.642. The summed E-state index contributed by atoms with van der Waals surface area (Å²) >= 11 is 3.29. The van der Waals surface area contributed by atoms with E-state index >= 15 is 0 Å². The normalized spacial score (nSPS) is 9.87. The van der Waals surface area contributed by atoms with Crippen molar-refractivity contribution in [1.29, 1.82) is 5.26 Å². The Morgan fingerprint density at radius 1 is 1.33 bits per heavy atom. The second kappa shape index (κ2) is 4.28. The summed E-state index contributed by atoms with van der Waals surface area (Å²) in [5.74, 6) is 0.786. The summed E-state index contributed by atoms with van der Waals surface area (Å²) in [6, 6.07) is 11.2. The van der Waals surface area contributed by atoms with Gasteiger partial charge in [0.05, 0.1) is 17.0 Å². The van der Waals surface area contributed by atoms with Gasteiger partial charge >= 0.3 is 0 Å². The molecule has 3 nitrogen and oxygen atoms in total. The van der Waals surface area contributed by atoms with Crippen LogP contribution in [0.2, 0.25) is 0 Å². The molecule has 0 amide bonds. The molecule has 1 aromatic carbocycles. The molecular weight excluding hydrogens is 256 g/mol. The van der Waals surface area contributed by atoms with Gasteiger partial charge in [-0.2, -0.15) is 5.26 Å². The van der Waals surface area contributed by atoms with E-state index in [1.165, 1.54) is 0 Å². The van der Waals surface area contributed by atoms with Crippen LogP contribution in [0.3, 0.4) is 0 Å². The molecule has 0 spiro atoms. The number of aromatic nitrogens is 1. The second-order valence-corrected chi connectivity index (χ2v) is 3.56. The Labute approximate surface area is 95.4 Å². The van der Waals surface area contributed by atoms with Crippen molar-refractivity contribution >= 4 is 15.9 Å². The van der Waals surface area contributed by atoms with E-state index < -0.39 is 0 Å². The van der Waals surface area contributed by atoms with E-state index in [0.29, 0.717) is 10.9 Å². The van der Waals surface area contributed by atoms with E-state index in [-0.39, 0.29) is 0 Å². The lowest BCUT2D eigenvalue weighted by Gasteiger charge is -1.93. The van der Waals surface area contributed by atoms with Crippen LogP contribution in [0.15, 0.2) is 34.9 Å². The molecule has 0 fully saturated rings. The number of nitrogens with zero attached hydrogens (tertiary/aromatic N) is 2. The molecule has 0 saturated carbocycles.